The van der Waals surface area contributed by atoms with Crippen molar-refractivity contribution >= 4 is 46.4 Å². The molecule has 2 amide bonds. The van der Waals surface area contributed by atoms with Gasteiger partial charge in [-0.3, -0.25) is 9.59 Å². The molecule has 33 heavy (non-hydrogen) atoms. The Labute approximate surface area is 200 Å². The van der Waals surface area contributed by atoms with Crippen LogP contribution in [0.15, 0.2) is 40.9 Å². The fraction of sp³-hybridized carbons (Fsp3) is 0.261. The molecule has 1 unspecified atom stereocenters. The van der Waals surface area contributed by atoms with E-state index in [2.05, 4.69) is 10.5 Å². The van der Waals surface area contributed by atoms with Crippen LogP contribution in [0.25, 0.3) is 0 Å². The molecule has 4 rings (SSSR count). The van der Waals surface area contributed by atoms with Gasteiger partial charge >= 0.3 is 0 Å². The van der Waals surface area contributed by atoms with Crippen LogP contribution in [0.4, 0.5) is 11.4 Å². The van der Waals surface area contributed by atoms with Gasteiger partial charge in [0.25, 0.3) is 11.8 Å². The number of benzene rings is 2. The number of amides is 2. The van der Waals surface area contributed by atoms with Crippen LogP contribution in [0.1, 0.15) is 23.9 Å². The number of carbonyl (C=O) groups excluding carboxylic acids is 2. The van der Waals surface area contributed by atoms with Gasteiger partial charge in [0.15, 0.2) is 12.7 Å². The lowest BCUT2D eigenvalue weighted by atomic mass is 10.1. The van der Waals surface area contributed by atoms with Gasteiger partial charge in [0.1, 0.15) is 17.3 Å². The summed E-state index contributed by atoms with van der Waals surface area (Å²) in [5, 5.41) is 7.51. The predicted octanol–water partition coefficient (Wildman–Crippen LogP) is 4.93. The van der Waals surface area contributed by atoms with Crippen LogP contribution in [0.2, 0.25) is 10.0 Å². The van der Waals surface area contributed by atoms with E-state index >= 15 is 0 Å². The summed E-state index contributed by atoms with van der Waals surface area (Å²) in [5.74, 6) is 0.932. The number of nitrogens with one attached hydrogen (secondary N) is 1. The van der Waals surface area contributed by atoms with E-state index in [9.17, 15) is 9.59 Å². The van der Waals surface area contributed by atoms with E-state index in [-0.39, 0.29) is 19.1 Å². The van der Waals surface area contributed by atoms with E-state index in [1.165, 1.54) is 6.07 Å². The van der Waals surface area contributed by atoms with Crippen LogP contribution in [0.5, 0.6) is 11.5 Å². The zero-order valence-electron chi connectivity index (χ0n) is 18.1. The summed E-state index contributed by atoms with van der Waals surface area (Å²) in [6.07, 6.45) is -0.643. The van der Waals surface area contributed by atoms with Crippen LogP contribution in [0, 0.1) is 13.8 Å². The van der Waals surface area contributed by atoms with E-state index < -0.39 is 12.0 Å². The van der Waals surface area contributed by atoms with Crippen molar-refractivity contribution in [3.05, 3.63) is 63.5 Å². The largest absolute Gasteiger partial charge is 0.482 e. The van der Waals surface area contributed by atoms with Crippen LogP contribution >= 0.6 is 23.2 Å². The molecule has 0 saturated carbocycles. The highest BCUT2D eigenvalue weighted by Gasteiger charge is 2.33. The molecule has 1 aliphatic heterocycles. The first-order chi connectivity index (χ1) is 15.7. The Morgan fingerprint density at radius 1 is 1.21 bits per heavy atom. The highest BCUT2D eigenvalue weighted by molar-refractivity contribution is 6.35. The molecule has 1 atom stereocenters. The molecule has 2 aromatic carbocycles. The molecule has 8 nitrogen and oxygen atoms in total. The second kappa shape index (κ2) is 9.33. The van der Waals surface area contributed by atoms with Crippen LogP contribution in [-0.2, 0) is 16.1 Å². The Balaban J connectivity index is 1.51. The van der Waals surface area contributed by atoms with Crippen LogP contribution in [0.3, 0.4) is 0 Å². The number of aryl methyl sites for hydroxylation is 2. The number of rotatable bonds is 6. The molecule has 0 bridgehead atoms. The summed E-state index contributed by atoms with van der Waals surface area (Å²) in [4.78, 5) is 27.0. The molecule has 0 fully saturated rings. The number of aromatic nitrogens is 1. The summed E-state index contributed by atoms with van der Waals surface area (Å²) >= 11 is 11.9. The van der Waals surface area contributed by atoms with E-state index in [4.69, 9.17) is 37.2 Å². The molecule has 0 spiro atoms. The maximum absolute atomic E-state index is 12.9. The molecule has 0 aliphatic carbocycles. The number of ether oxygens (including phenoxy) is 2. The average molecular weight is 490 g/mol. The molecule has 1 aromatic heterocycles. The summed E-state index contributed by atoms with van der Waals surface area (Å²) in [5.41, 5.74) is 2.56. The third-order valence-electron chi connectivity index (χ3n) is 5.20. The van der Waals surface area contributed by atoms with Gasteiger partial charge in [0.05, 0.1) is 22.9 Å². The van der Waals surface area contributed by atoms with Crippen molar-refractivity contribution in [1.82, 2.24) is 5.16 Å². The van der Waals surface area contributed by atoms with Crippen molar-refractivity contribution in [2.24, 2.45) is 0 Å². The molecule has 0 saturated heterocycles. The molecule has 0 radical (unpaired) electrons. The fourth-order valence-corrected chi connectivity index (χ4v) is 3.93. The maximum Gasteiger partial charge on any atom is 0.268 e. The number of anilines is 2. The zero-order chi connectivity index (χ0) is 23.7. The second-order valence-electron chi connectivity index (χ2n) is 7.58. The molecule has 1 N–H and O–H groups in total. The number of halogens is 2. The molecule has 2 heterocycles. The highest BCUT2D eigenvalue weighted by atomic mass is 35.5. The van der Waals surface area contributed by atoms with Crippen molar-refractivity contribution in [3.63, 3.8) is 0 Å². The Hall–Kier alpha value is -3.23. The lowest BCUT2D eigenvalue weighted by Gasteiger charge is -2.33. The van der Waals surface area contributed by atoms with E-state index in [0.717, 1.165) is 5.56 Å². The third-order valence-corrected chi connectivity index (χ3v) is 5.73. The van der Waals surface area contributed by atoms with Gasteiger partial charge in [0, 0.05) is 16.3 Å². The number of fused-ring (bicyclic) bond motifs is 1. The molecular weight excluding hydrogens is 469 g/mol. The van der Waals surface area contributed by atoms with Gasteiger partial charge < -0.3 is 24.2 Å². The van der Waals surface area contributed by atoms with Crippen molar-refractivity contribution in [1.29, 1.82) is 0 Å². The van der Waals surface area contributed by atoms with E-state index in [1.54, 1.807) is 49.1 Å². The Morgan fingerprint density at radius 3 is 2.70 bits per heavy atom. The van der Waals surface area contributed by atoms with Gasteiger partial charge in [-0.15, -0.1) is 0 Å². The molecular formula is C23H21Cl2N3O5. The SMILES string of the molecule is Cc1noc(C)c1CN1C(=O)C(C)Oc2ccc(NC(=O)COc3ccc(Cl)cc3Cl)cc21. The smallest absolute Gasteiger partial charge is 0.268 e. The number of hydrogen-bond acceptors (Lipinski definition) is 6. The second-order valence-corrected chi connectivity index (χ2v) is 8.42. The molecule has 10 heteroatoms. The first-order valence-electron chi connectivity index (χ1n) is 10.1. The average Bonchev–Trinajstić information content (AvgIpc) is 3.08. The van der Waals surface area contributed by atoms with E-state index in [0.29, 0.717) is 44.4 Å². The van der Waals surface area contributed by atoms with Gasteiger partial charge in [-0.1, -0.05) is 28.4 Å². The summed E-state index contributed by atoms with van der Waals surface area (Å²) < 4.78 is 16.5. The number of hydrogen-bond donors (Lipinski definition) is 1. The Morgan fingerprint density at radius 2 is 2.00 bits per heavy atom. The van der Waals surface area contributed by atoms with Gasteiger partial charge in [-0.2, -0.15) is 0 Å². The van der Waals surface area contributed by atoms with Crippen molar-refractivity contribution in [2.45, 2.75) is 33.4 Å². The first kappa shape index (κ1) is 22.9. The molecule has 172 valence electrons. The minimum absolute atomic E-state index is 0.202. The van der Waals surface area contributed by atoms with Crippen LogP contribution < -0.4 is 19.7 Å². The topological polar surface area (TPSA) is 93.9 Å². The zero-order valence-corrected chi connectivity index (χ0v) is 19.7. The Kier molecular flexibility index (Phi) is 6.49. The maximum atomic E-state index is 12.9. The fourth-order valence-electron chi connectivity index (χ4n) is 3.47. The van der Waals surface area contributed by atoms with Crippen molar-refractivity contribution < 1.29 is 23.6 Å². The monoisotopic (exact) mass is 489 g/mol. The minimum Gasteiger partial charge on any atom is -0.482 e. The van der Waals surface area contributed by atoms with Crippen molar-refractivity contribution in [3.8, 4) is 11.5 Å². The lowest BCUT2D eigenvalue weighted by molar-refractivity contribution is -0.125. The predicted molar refractivity (Wildman–Crippen MR) is 124 cm³/mol. The quantitative estimate of drug-likeness (QED) is 0.527. The standard InChI is InChI=1S/C23H21Cl2N3O5/c1-12-17(13(2)33-27-12)10-28-19-9-16(5-7-21(19)32-14(3)23(28)30)26-22(29)11-31-20-6-4-15(24)8-18(20)25/h4-9,14H,10-11H2,1-3H3,(H,26,29). The first-order valence-corrected chi connectivity index (χ1v) is 10.9. The Bertz CT molecular complexity index is 1210. The lowest BCUT2D eigenvalue weighted by Crippen LogP contribution is -2.44. The summed E-state index contributed by atoms with van der Waals surface area (Å²) in [7, 11) is 0. The molecule has 1 aliphatic rings. The summed E-state index contributed by atoms with van der Waals surface area (Å²) in [6, 6.07) is 9.84. The normalized spacial score (nSPS) is 15.1. The third kappa shape index (κ3) is 4.91. The molecule has 3 aromatic rings. The van der Waals surface area contributed by atoms with Gasteiger partial charge in [0.2, 0.25) is 0 Å². The van der Waals surface area contributed by atoms with Crippen LogP contribution in [-0.4, -0.2) is 29.7 Å². The van der Waals surface area contributed by atoms with Gasteiger partial charge in [-0.05, 0) is 57.2 Å². The van der Waals surface area contributed by atoms with Crippen molar-refractivity contribution in [2.75, 3.05) is 16.8 Å². The number of carbonyl (C=O) groups is 2. The highest BCUT2D eigenvalue weighted by Crippen LogP contribution is 2.38. The minimum atomic E-state index is -0.643. The van der Waals surface area contributed by atoms with E-state index in [1.807, 2.05) is 6.92 Å². The number of nitrogens with zero attached hydrogens (tertiary/aromatic N) is 2. The van der Waals surface area contributed by atoms with Gasteiger partial charge in [-0.25, -0.2) is 0 Å². The summed E-state index contributed by atoms with van der Waals surface area (Å²) in [6.45, 7) is 5.34.